The number of urea groups is 1. The van der Waals surface area contributed by atoms with E-state index in [4.69, 9.17) is 0 Å². The van der Waals surface area contributed by atoms with Gasteiger partial charge in [-0.1, -0.05) is 19.3 Å². The molecular formula is C18H30ClN5O3. The Morgan fingerprint density at radius 3 is 2.48 bits per heavy atom. The molecule has 9 heteroatoms. The molecule has 3 saturated heterocycles. The second kappa shape index (κ2) is 8.32. The average molecular weight is 400 g/mol. The minimum Gasteiger partial charge on any atom is -0.340 e. The lowest BCUT2D eigenvalue weighted by Crippen LogP contribution is -2.50. The highest BCUT2D eigenvalue weighted by molar-refractivity contribution is 6.09. The molecule has 1 unspecified atom stereocenters. The molecule has 27 heavy (non-hydrogen) atoms. The third kappa shape index (κ3) is 3.93. The zero-order valence-electron chi connectivity index (χ0n) is 15.7. The van der Waals surface area contributed by atoms with Crippen molar-refractivity contribution >= 4 is 30.3 Å². The summed E-state index contributed by atoms with van der Waals surface area (Å²) in [6.45, 7) is 5.31. The van der Waals surface area contributed by atoms with Gasteiger partial charge >= 0.3 is 6.03 Å². The number of halogens is 1. The number of imide groups is 1. The largest absolute Gasteiger partial charge is 0.340 e. The number of likely N-dealkylation sites (tertiary alicyclic amines) is 1. The minimum atomic E-state index is -0.746. The number of hydrogen-bond acceptors (Lipinski definition) is 5. The molecule has 1 saturated carbocycles. The first-order valence-electron chi connectivity index (χ1n) is 9.96. The van der Waals surface area contributed by atoms with E-state index in [1.54, 1.807) is 0 Å². The maximum absolute atomic E-state index is 12.8. The Bertz CT molecular complexity index is 590. The Balaban J connectivity index is 0.00000210. The first-order chi connectivity index (χ1) is 12.6. The van der Waals surface area contributed by atoms with E-state index in [0.717, 1.165) is 56.8 Å². The van der Waals surface area contributed by atoms with Crippen molar-refractivity contribution in [3.8, 4) is 0 Å². The molecule has 0 radical (unpaired) electrons. The minimum absolute atomic E-state index is 0. The summed E-state index contributed by atoms with van der Waals surface area (Å²) in [4.78, 5) is 43.3. The van der Waals surface area contributed by atoms with Crippen molar-refractivity contribution in [2.75, 3.05) is 45.8 Å². The molecule has 0 aromatic heterocycles. The fourth-order valence-electron chi connectivity index (χ4n) is 4.86. The number of carbonyl (C=O) groups is 3. The molecule has 2 N–H and O–H groups in total. The number of carbonyl (C=O) groups excluding carboxylic acids is 3. The van der Waals surface area contributed by atoms with Gasteiger partial charge in [0.05, 0.1) is 0 Å². The van der Waals surface area contributed by atoms with Gasteiger partial charge in [-0.3, -0.25) is 19.4 Å². The monoisotopic (exact) mass is 399 g/mol. The molecule has 0 aromatic carbocycles. The van der Waals surface area contributed by atoms with Crippen LogP contribution in [0, 0.1) is 0 Å². The van der Waals surface area contributed by atoms with E-state index in [0.29, 0.717) is 32.0 Å². The maximum Gasteiger partial charge on any atom is 0.325 e. The lowest BCUT2D eigenvalue weighted by Gasteiger charge is -2.32. The van der Waals surface area contributed by atoms with Crippen molar-refractivity contribution in [1.82, 2.24) is 25.3 Å². The van der Waals surface area contributed by atoms with Crippen LogP contribution in [0.1, 0.15) is 38.5 Å². The average Bonchev–Trinajstić information content (AvgIpc) is 3.24. The standard InChI is InChI=1S/C18H29N5O3.ClH/c24-15(22-9-4-14(12-22)21-10-7-19-8-11-21)13-23-16(25)18(20-17(23)26)5-2-1-3-6-18;/h14,19H,1-13H2,(H,20,26);1H. The van der Waals surface area contributed by atoms with Gasteiger partial charge in [0.1, 0.15) is 12.1 Å². The van der Waals surface area contributed by atoms with Crippen LogP contribution >= 0.6 is 12.4 Å². The van der Waals surface area contributed by atoms with Gasteiger partial charge in [0.2, 0.25) is 5.91 Å². The van der Waals surface area contributed by atoms with Crippen LogP contribution in [0.2, 0.25) is 0 Å². The van der Waals surface area contributed by atoms with E-state index >= 15 is 0 Å². The normalized spacial score (nSPS) is 28.4. The first kappa shape index (κ1) is 20.4. The van der Waals surface area contributed by atoms with Crippen molar-refractivity contribution in [3.63, 3.8) is 0 Å². The maximum atomic E-state index is 12.8. The summed E-state index contributed by atoms with van der Waals surface area (Å²) in [5.41, 5.74) is -0.746. The molecule has 152 valence electrons. The van der Waals surface area contributed by atoms with Gasteiger partial charge in [-0.05, 0) is 19.3 Å². The van der Waals surface area contributed by atoms with E-state index < -0.39 is 11.6 Å². The third-order valence-electron chi connectivity index (χ3n) is 6.43. The summed E-state index contributed by atoms with van der Waals surface area (Å²) in [7, 11) is 0. The van der Waals surface area contributed by atoms with Gasteiger partial charge < -0.3 is 15.5 Å². The molecular weight excluding hydrogens is 370 g/mol. The summed E-state index contributed by atoms with van der Waals surface area (Å²) in [6.07, 6.45) is 5.35. The van der Waals surface area contributed by atoms with E-state index in [2.05, 4.69) is 15.5 Å². The summed E-state index contributed by atoms with van der Waals surface area (Å²) >= 11 is 0. The van der Waals surface area contributed by atoms with E-state index in [1.807, 2.05) is 4.90 Å². The van der Waals surface area contributed by atoms with E-state index in [-0.39, 0.29) is 30.8 Å². The molecule has 8 nitrogen and oxygen atoms in total. The molecule has 4 rings (SSSR count). The fraction of sp³-hybridized carbons (Fsp3) is 0.833. The highest BCUT2D eigenvalue weighted by atomic mass is 35.5. The summed E-state index contributed by atoms with van der Waals surface area (Å²) in [5, 5.41) is 6.22. The van der Waals surface area contributed by atoms with Gasteiger partial charge in [-0.25, -0.2) is 4.79 Å². The molecule has 4 aliphatic rings. The van der Waals surface area contributed by atoms with Gasteiger partial charge in [0.15, 0.2) is 0 Å². The topological polar surface area (TPSA) is 85.0 Å². The first-order valence-corrected chi connectivity index (χ1v) is 9.96. The third-order valence-corrected chi connectivity index (χ3v) is 6.43. The zero-order valence-corrected chi connectivity index (χ0v) is 16.6. The van der Waals surface area contributed by atoms with Crippen molar-refractivity contribution in [3.05, 3.63) is 0 Å². The lowest BCUT2D eigenvalue weighted by atomic mass is 9.82. The molecule has 0 aromatic rings. The number of hydrogen-bond donors (Lipinski definition) is 2. The van der Waals surface area contributed by atoms with Crippen LogP contribution in [0.4, 0.5) is 4.79 Å². The molecule has 4 fully saturated rings. The zero-order chi connectivity index (χ0) is 18.1. The quantitative estimate of drug-likeness (QED) is 0.661. The number of amides is 4. The number of nitrogens with one attached hydrogen (secondary N) is 2. The fourth-order valence-corrected chi connectivity index (χ4v) is 4.86. The Hall–Kier alpha value is -1.38. The van der Waals surface area contributed by atoms with E-state index in [1.165, 1.54) is 0 Å². The molecule has 1 spiro atoms. The number of piperazine rings is 1. The Kier molecular flexibility index (Phi) is 6.28. The highest BCUT2D eigenvalue weighted by Gasteiger charge is 2.52. The van der Waals surface area contributed by atoms with Crippen molar-refractivity contribution in [2.45, 2.75) is 50.1 Å². The second-order valence-corrected chi connectivity index (χ2v) is 8.03. The van der Waals surface area contributed by atoms with Gasteiger partial charge in [-0.15, -0.1) is 12.4 Å². The van der Waals surface area contributed by atoms with Gasteiger partial charge in [-0.2, -0.15) is 0 Å². The molecule has 0 bridgehead atoms. The molecule has 4 amide bonds. The van der Waals surface area contributed by atoms with Crippen molar-refractivity contribution in [1.29, 1.82) is 0 Å². The Morgan fingerprint density at radius 2 is 1.78 bits per heavy atom. The lowest BCUT2D eigenvalue weighted by molar-refractivity contribution is -0.139. The number of rotatable bonds is 3. The Morgan fingerprint density at radius 1 is 1.07 bits per heavy atom. The van der Waals surface area contributed by atoms with Crippen LogP contribution in [0.25, 0.3) is 0 Å². The smallest absolute Gasteiger partial charge is 0.325 e. The molecule has 3 heterocycles. The van der Waals surface area contributed by atoms with Gasteiger partial charge in [0.25, 0.3) is 5.91 Å². The van der Waals surface area contributed by atoms with E-state index in [9.17, 15) is 14.4 Å². The summed E-state index contributed by atoms with van der Waals surface area (Å²) in [6, 6.07) is -0.00283. The van der Waals surface area contributed by atoms with Crippen LogP contribution in [0.5, 0.6) is 0 Å². The SMILES string of the molecule is Cl.O=C(CN1C(=O)NC2(CCCCC2)C1=O)N1CCC(N2CCNCC2)C1. The Labute approximate surface area is 166 Å². The summed E-state index contributed by atoms with van der Waals surface area (Å²) in [5.74, 6) is -0.313. The van der Waals surface area contributed by atoms with Crippen molar-refractivity contribution < 1.29 is 14.4 Å². The molecule has 3 aliphatic heterocycles. The van der Waals surface area contributed by atoms with Crippen LogP contribution in [-0.4, -0.2) is 89.9 Å². The van der Waals surface area contributed by atoms with Gasteiger partial charge in [0, 0.05) is 45.3 Å². The highest BCUT2D eigenvalue weighted by Crippen LogP contribution is 2.33. The second-order valence-electron chi connectivity index (χ2n) is 8.03. The summed E-state index contributed by atoms with van der Waals surface area (Å²) < 4.78 is 0. The van der Waals surface area contributed by atoms with Crippen LogP contribution < -0.4 is 10.6 Å². The van der Waals surface area contributed by atoms with Crippen LogP contribution in [-0.2, 0) is 9.59 Å². The predicted octanol–water partition coefficient (Wildman–Crippen LogP) is 0.169. The molecule has 1 atom stereocenters. The van der Waals surface area contributed by atoms with Crippen LogP contribution in [0.3, 0.4) is 0 Å². The van der Waals surface area contributed by atoms with Crippen molar-refractivity contribution in [2.24, 2.45) is 0 Å². The molecule has 1 aliphatic carbocycles. The number of nitrogens with zero attached hydrogens (tertiary/aromatic N) is 3. The predicted molar refractivity (Wildman–Crippen MR) is 103 cm³/mol. The van der Waals surface area contributed by atoms with Crippen LogP contribution in [0.15, 0.2) is 0 Å².